The van der Waals surface area contributed by atoms with Crippen LogP contribution in [0.2, 0.25) is 0 Å². The zero-order chi connectivity index (χ0) is 30.4. The molecule has 41 heavy (non-hydrogen) atoms. The SMILES string of the molecule is CCNC(=O)C(C)N(Cc1cccc(OC)c1)C(=O)CN(c1cccc(C(F)(F)F)c1)S(=O)(=O)c1ccc(C)cc1. The highest BCUT2D eigenvalue weighted by Gasteiger charge is 2.35. The highest BCUT2D eigenvalue weighted by Crippen LogP contribution is 2.33. The molecule has 0 fully saturated rings. The van der Waals surface area contributed by atoms with Crippen molar-refractivity contribution in [1.82, 2.24) is 10.2 Å². The Hall–Kier alpha value is -4.06. The summed E-state index contributed by atoms with van der Waals surface area (Å²) < 4.78 is 74.1. The fourth-order valence-electron chi connectivity index (χ4n) is 4.08. The van der Waals surface area contributed by atoms with Crippen LogP contribution in [-0.2, 0) is 32.3 Å². The zero-order valence-electron chi connectivity index (χ0n) is 23.1. The number of methoxy groups -OCH3 is 1. The van der Waals surface area contributed by atoms with Crippen molar-refractivity contribution >= 4 is 27.5 Å². The Kier molecular flexibility index (Phi) is 10.0. The van der Waals surface area contributed by atoms with Crippen LogP contribution in [0.4, 0.5) is 18.9 Å². The van der Waals surface area contributed by atoms with Gasteiger partial charge in [0.15, 0.2) is 0 Å². The minimum atomic E-state index is -4.75. The molecule has 0 heterocycles. The maximum atomic E-state index is 13.8. The molecular weight excluding hydrogens is 559 g/mol. The first-order valence-electron chi connectivity index (χ1n) is 12.7. The van der Waals surface area contributed by atoms with E-state index in [1.807, 2.05) is 0 Å². The molecule has 0 spiro atoms. The van der Waals surface area contributed by atoms with Crippen molar-refractivity contribution in [2.24, 2.45) is 0 Å². The molecule has 8 nitrogen and oxygen atoms in total. The molecule has 1 N–H and O–H groups in total. The molecule has 3 aromatic rings. The van der Waals surface area contributed by atoms with Crippen molar-refractivity contribution in [3.8, 4) is 5.75 Å². The average molecular weight is 592 g/mol. The number of ether oxygens (including phenoxy) is 1. The van der Waals surface area contributed by atoms with Crippen molar-refractivity contribution in [3.05, 3.63) is 89.5 Å². The molecule has 0 aliphatic carbocycles. The van der Waals surface area contributed by atoms with Gasteiger partial charge in [-0.3, -0.25) is 13.9 Å². The molecular formula is C29H32F3N3O5S. The van der Waals surface area contributed by atoms with Gasteiger partial charge < -0.3 is 15.0 Å². The molecule has 0 saturated carbocycles. The summed E-state index contributed by atoms with van der Waals surface area (Å²) in [6.07, 6.45) is -4.75. The Balaban J connectivity index is 2.10. The lowest BCUT2D eigenvalue weighted by Gasteiger charge is -2.32. The Morgan fingerprint density at radius 1 is 1.00 bits per heavy atom. The number of amides is 2. The van der Waals surface area contributed by atoms with Crippen LogP contribution in [0, 0.1) is 6.92 Å². The van der Waals surface area contributed by atoms with E-state index in [1.165, 1.54) is 37.1 Å². The number of carbonyl (C=O) groups excluding carboxylic acids is 2. The van der Waals surface area contributed by atoms with Crippen molar-refractivity contribution in [1.29, 1.82) is 0 Å². The van der Waals surface area contributed by atoms with Crippen LogP contribution in [0.3, 0.4) is 0 Å². The number of sulfonamides is 1. The largest absolute Gasteiger partial charge is 0.497 e. The summed E-state index contributed by atoms with van der Waals surface area (Å²) in [5.74, 6) is -0.761. The van der Waals surface area contributed by atoms with E-state index >= 15 is 0 Å². The standard InChI is InChI=1S/C29H32F3N3O5S/c1-5-33-28(37)21(3)34(18-22-8-6-11-25(16-22)40-4)27(36)19-35(24-10-7-9-23(17-24)29(30,31)32)41(38,39)26-14-12-20(2)13-15-26/h6-17,21H,5,18-19H2,1-4H3,(H,33,37). The van der Waals surface area contributed by atoms with Crippen molar-refractivity contribution < 1.29 is 35.9 Å². The zero-order valence-corrected chi connectivity index (χ0v) is 23.9. The number of hydrogen-bond donors (Lipinski definition) is 1. The second kappa shape index (κ2) is 13.1. The second-order valence-electron chi connectivity index (χ2n) is 9.32. The third-order valence-electron chi connectivity index (χ3n) is 6.35. The summed E-state index contributed by atoms with van der Waals surface area (Å²) in [7, 11) is -3.03. The van der Waals surface area contributed by atoms with Crippen LogP contribution in [0.15, 0.2) is 77.7 Å². The van der Waals surface area contributed by atoms with E-state index in [1.54, 1.807) is 50.2 Å². The second-order valence-corrected chi connectivity index (χ2v) is 11.2. The van der Waals surface area contributed by atoms with Crippen LogP contribution in [0.25, 0.3) is 0 Å². The van der Waals surface area contributed by atoms with Gasteiger partial charge >= 0.3 is 6.18 Å². The molecule has 3 rings (SSSR count). The van der Waals surface area contributed by atoms with E-state index in [0.29, 0.717) is 28.2 Å². The fraction of sp³-hybridized carbons (Fsp3) is 0.310. The van der Waals surface area contributed by atoms with Gasteiger partial charge in [-0.25, -0.2) is 8.42 Å². The number of alkyl halides is 3. The lowest BCUT2D eigenvalue weighted by atomic mass is 10.1. The summed E-state index contributed by atoms with van der Waals surface area (Å²) in [4.78, 5) is 27.6. The minimum absolute atomic E-state index is 0.0880. The van der Waals surface area contributed by atoms with Crippen LogP contribution in [-0.4, -0.2) is 51.4 Å². The van der Waals surface area contributed by atoms with E-state index in [4.69, 9.17) is 4.74 Å². The number of benzene rings is 3. The monoisotopic (exact) mass is 591 g/mol. The van der Waals surface area contributed by atoms with Gasteiger partial charge in [-0.05, 0) is 68.8 Å². The van der Waals surface area contributed by atoms with Gasteiger partial charge in [-0.2, -0.15) is 13.2 Å². The van der Waals surface area contributed by atoms with Crippen molar-refractivity contribution in [3.63, 3.8) is 0 Å². The quantitative estimate of drug-likeness (QED) is 0.347. The topological polar surface area (TPSA) is 96.0 Å². The molecule has 0 radical (unpaired) electrons. The molecule has 12 heteroatoms. The first-order valence-corrected chi connectivity index (χ1v) is 14.2. The number of nitrogens with zero attached hydrogens (tertiary/aromatic N) is 2. The van der Waals surface area contributed by atoms with Crippen LogP contribution in [0.5, 0.6) is 5.75 Å². The van der Waals surface area contributed by atoms with Gasteiger partial charge in [0.1, 0.15) is 18.3 Å². The number of halogens is 3. The number of likely N-dealkylation sites (N-methyl/N-ethyl adjacent to an activating group) is 1. The molecule has 2 amide bonds. The molecule has 0 aliphatic heterocycles. The van der Waals surface area contributed by atoms with Crippen molar-refractivity contribution in [2.45, 2.75) is 44.4 Å². The van der Waals surface area contributed by atoms with Gasteiger partial charge in [0.05, 0.1) is 23.3 Å². The molecule has 0 aliphatic rings. The highest BCUT2D eigenvalue weighted by atomic mass is 32.2. The van der Waals surface area contributed by atoms with E-state index in [0.717, 1.165) is 17.7 Å². The average Bonchev–Trinajstić information content (AvgIpc) is 2.94. The van der Waals surface area contributed by atoms with Gasteiger partial charge in [-0.15, -0.1) is 0 Å². The Bertz CT molecular complexity index is 1480. The fourth-order valence-corrected chi connectivity index (χ4v) is 5.48. The predicted molar refractivity (Wildman–Crippen MR) is 149 cm³/mol. The van der Waals surface area contributed by atoms with E-state index < -0.39 is 46.2 Å². The maximum Gasteiger partial charge on any atom is 0.416 e. The summed E-state index contributed by atoms with van der Waals surface area (Å²) in [5, 5.41) is 2.65. The molecule has 1 atom stereocenters. The lowest BCUT2D eigenvalue weighted by Crippen LogP contribution is -2.51. The number of hydrogen-bond acceptors (Lipinski definition) is 5. The van der Waals surface area contributed by atoms with Gasteiger partial charge in [0, 0.05) is 13.1 Å². The molecule has 0 saturated heterocycles. The normalized spacial score (nSPS) is 12.4. The Labute approximate surface area is 237 Å². The summed E-state index contributed by atoms with van der Waals surface area (Å²) in [5.41, 5.74) is -0.0528. The van der Waals surface area contributed by atoms with Gasteiger partial charge in [-0.1, -0.05) is 35.9 Å². The minimum Gasteiger partial charge on any atom is -0.497 e. The predicted octanol–water partition coefficient (Wildman–Crippen LogP) is 4.77. The molecule has 0 aromatic heterocycles. The van der Waals surface area contributed by atoms with Gasteiger partial charge in [0.2, 0.25) is 11.8 Å². The number of anilines is 1. The third-order valence-corrected chi connectivity index (χ3v) is 8.14. The van der Waals surface area contributed by atoms with Crippen LogP contribution < -0.4 is 14.4 Å². The summed E-state index contributed by atoms with van der Waals surface area (Å²) in [6.45, 7) is 4.31. The first kappa shape index (κ1) is 31.5. The van der Waals surface area contributed by atoms with E-state index in [9.17, 15) is 31.2 Å². The van der Waals surface area contributed by atoms with Crippen LogP contribution >= 0.6 is 0 Å². The van der Waals surface area contributed by atoms with Crippen LogP contribution in [0.1, 0.15) is 30.5 Å². The highest BCUT2D eigenvalue weighted by molar-refractivity contribution is 7.92. The first-order chi connectivity index (χ1) is 19.3. The third kappa shape index (κ3) is 7.78. The number of carbonyl (C=O) groups is 2. The Morgan fingerprint density at radius 2 is 1.66 bits per heavy atom. The van der Waals surface area contributed by atoms with E-state index in [-0.39, 0.29) is 17.1 Å². The maximum absolute atomic E-state index is 13.8. The van der Waals surface area contributed by atoms with E-state index in [2.05, 4.69) is 5.32 Å². The number of nitrogens with one attached hydrogen (secondary N) is 1. The van der Waals surface area contributed by atoms with Gasteiger partial charge in [0.25, 0.3) is 10.0 Å². The molecule has 220 valence electrons. The van der Waals surface area contributed by atoms with Crippen molar-refractivity contribution in [2.75, 3.05) is 24.5 Å². The molecule has 3 aromatic carbocycles. The summed E-state index contributed by atoms with van der Waals surface area (Å²) in [6, 6.07) is 15.2. The molecule has 1 unspecified atom stereocenters. The number of rotatable bonds is 11. The summed E-state index contributed by atoms with van der Waals surface area (Å²) >= 11 is 0. The molecule has 0 bridgehead atoms. The lowest BCUT2D eigenvalue weighted by molar-refractivity contribution is -0.139. The number of aryl methyl sites for hydroxylation is 1. The smallest absolute Gasteiger partial charge is 0.416 e. The Morgan fingerprint density at radius 3 is 2.27 bits per heavy atom.